The lowest BCUT2D eigenvalue weighted by Gasteiger charge is -2.07. The Labute approximate surface area is 147 Å². The topological polar surface area (TPSA) is 54.4 Å². The standard InChI is InChI=1S/C21H14O3S/c22-16-12-10-14(11-13-16)20(23)19-17-8-4-5-9-18(17)25(24)21(19)15-6-2-1-3-7-15/h1-13,22H. The van der Waals surface area contributed by atoms with Crippen LogP contribution in [0.2, 0.25) is 0 Å². The lowest BCUT2D eigenvalue weighted by atomic mass is 9.95. The van der Waals surface area contributed by atoms with E-state index in [4.69, 9.17) is 0 Å². The van der Waals surface area contributed by atoms with E-state index in [0.29, 0.717) is 26.5 Å². The molecular formula is C21H14O3S. The first kappa shape index (κ1) is 15.5. The number of aromatic hydroxyl groups is 1. The number of phenolic OH excluding ortho intramolecular Hbond substituents is 1. The summed E-state index contributed by atoms with van der Waals surface area (Å²) < 4.78 is 13.1. The van der Waals surface area contributed by atoms with E-state index >= 15 is 0 Å². The normalized spacial score (nSPS) is 15.9. The molecule has 4 heteroatoms. The highest BCUT2D eigenvalue weighted by atomic mass is 32.2. The van der Waals surface area contributed by atoms with E-state index in [0.717, 1.165) is 5.56 Å². The van der Waals surface area contributed by atoms with E-state index in [1.165, 1.54) is 12.1 Å². The zero-order valence-electron chi connectivity index (χ0n) is 13.2. The summed E-state index contributed by atoms with van der Waals surface area (Å²) in [5, 5.41) is 9.46. The molecule has 0 radical (unpaired) electrons. The molecule has 0 aromatic heterocycles. The monoisotopic (exact) mass is 346 g/mol. The van der Waals surface area contributed by atoms with Gasteiger partial charge >= 0.3 is 0 Å². The highest BCUT2D eigenvalue weighted by Gasteiger charge is 2.33. The van der Waals surface area contributed by atoms with E-state index in [1.807, 2.05) is 48.5 Å². The van der Waals surface area contributed by atoms with Crippen LogP contribution in [0.3, 0.4) is 0 Å². The average Bonchev–Trinajstić information content (AvgIpc) is 2.95. The summed E-state index contributed by atoms with van der Waals surface area (Å²) in [4.78, 5) is 14.4. The summed E-state index contributed by atoms with van der Waals surface area (Å²) >= 11 is 0. The summed E-state index contributed by atoms with van der Waals surface area (Å²) in [6, 6.07) is 22.8. The zero-order chi connectivity index (χ0) is 17.4. The molecule has 0 fully saturated rings. The van der Waals surface area contributed by atoms with Crippen LogP contribution in [0.15, 0.2) is 83.8 Å². The first-order valence-electron chi connectivity index (χ1n) is 7.81. The van der Waals surface area contributed by atoms with Gasteiger partial charge < -0.3 is 5.11 Å². The minimum absolute atomic E-state index is 0.101. The van der Waals surface area contributed by atoms with Gasteiger partial charge in [-0.1, -0.05) is 48.5 Å². The molecule has 1 aliphatic heterocycles. The summed E-state index contributed by atoms with van der Waals surface area (Å²) in [5.74, 6) is -0.0960. The highest BCUT2D eigenvalue weighted by molar-refractivity contribution is 7.95. The Balaban J connectivity index is 1.96. The molecule has 1 aliphatic rings. The van der Waals surface area contributed by atoms with Crippen molar-refractivity contribution in [2.45, 2.75) is 4.90 Å². The third kappa shape index (κ3) is 2.61. The second-order valence-electron chi connectivity index (χ2n) is 5.71. The van der Waals surface area contributed by atoms with Crippen LogP contribution in [0.4, 0.5) is 0 Å². The molecule has 122 valence electrons. The van der Waals surface area contributed by atoms with Crippen LogP contribution in [0.5, 0.6) is 5.75 Å². The first-order valence-corrected chi connectivity index (χ1v) is 8.96. The number of benzene rings is 3. The third-order valence-electron chi connectivity index (χ3n) is 4.16. The van der Waals surface area contributed by atoms with E-state index in [9.17, 15) is 14.1 Å². The molecule has 1 atom stereocenters. The molecule has 0 aliphatic carbocycles. The largest absolute Gasteiger partial charge is 0.508 e. The molecule has 3 aromatic carbocycles. The van der Waals surface area contributed by atoms with Crippen molar-refractivity contribution in [2.24, 2.45) is 0 Å². The number of ketones is 1. The summed E-state index contributed by atoms with van der Waals surface area (Å²) in [6.07, 6.45) is 0. The van der Waals surface area contributed by atoms with Crippen molar-refractivity contribution >= 4 is 27.1 Å². The Kier molecular flexibility index (Phi) is 3.82. The quantitative estimate of drug-likeness (QED) is 0.721. The van der Waals surface area contributed by atoms with Crippen molar-refractivity contribution in [3.8, 4) is 5.75 Å². The fraction of sp³-hybridized carbons (Fsp3) is 0. The number of rotatable bonds is 3. The number of fused-ring (bicyclic) bond motifs is 1. The van der Waals surface area contributed by atoms with Crippen molar-refractivity contribution in [1.82, 2.24) is 0 Å². The lowest BCUT2D eigenvalue weighted by Crippen LogP contribution is -2.03. The van der Waals surface area contributed by atoms with Crippen molar-refractivity contribution in [3.05, 3.63) is 95.6 Å². The van der Waals surface area contributed by atoms with Crippen LogP contribution in [0, 0.1) is 0 Å². The van der Waals surface area contributed by atoms with Crippen LogP contribution in [0.1, 0.15) is 21.5 Å². The Bertz CT molecular complexity index is 1020. The van der Waals surface area contributed by atoms with Crippen LogP contribution in [-0.2, 0) is 10.8 Å². The molecule has 4 rings (SSSR count). The second-order valence-corrected chi connectivity index (χ2v) is 7.10. The predicted molar refractivity (Wildman–Crippen MR) is 98.5 cm³/mol. The minimum Gasteiger partial charge on any atom is -0.508 e. The Morgan fingerprint density at radius 2 is 1.44 bits per heavy atom. The van der Waals surface area contributed by atoms with E-state index in [1.54, 1.807) is 18.2 Å². The average molecular weight is 346 g/mol. The SMILES string of the molecule is O=C(C1=C(c2ccccc2)S(=O)c2ccccc21)c1ccc(O)cc1. The van der Waals surface area contributed by atoms with Gasteiger partial charge in [0.15, 0.2) is 5.78 Å². The highest BCUT2D eigenvalue weighted by Crippen LogP contribution is 2.43. The fourth-order valence-electron chi connectivity index (χ4n) is 2.98. The van der Waals surface area contributed by atoms with Gasteiger partial charge in [-0.2, -0.15) is 0 Å². The van der Waals surface area contributed by atoms with E-state index < -0.39 is 10.8 Å². The molecule has 25 heavy (non-hydrogen) atoms. The van der Waals surface area contributed by atoms with Crippen LogP contribution in [-0.4, -0.2) is 15.1 Å². The summed E-state index contributed by atoms with van der Waals surface area (Å²) in [7, 11) is -1.41. The maximum Gasteiger partial charge on any atom is 0.194 e. The van der Waals surface area contributed by atoms with Gasteiger partial charge in [-0.15, -0.1) is 0 Å². The van der Waals surface area contributed by atoms with Gasteiger partial charge in [-0.3, -0.25) is 4.79 Å². The molecule has 0 saturated heterocycles. The van der Waals surface area contributed by atoms with Gasteiger partial charge in [0.2, 0.25) is 0 Å². The van der Waals surface area contributed by atoms with Gasteiger partial charge in [0.25, 0.3) is 0 Å². The molecule has 0 saturated carbocycles. The number of phenols is 1. The smallest absolute Gasteiger partial charge is 0.194 e. The van der Waals surface area contributed by atoms with Crippen molar-refractivity contribution in [1.29, 1.82) is 0 Å². The van der Waals surface area contributed by atoms with Gasteiger partial charge in [-0.25, -0.2) is 4.21 Å². The molecule has 3 nitrogen and oxygen atoms in total. The van der Waals surface area contributed by atoms with Crippen LogP contribution < -0.4 is 0 Å². The van der Waals surface area contributed by atoms with Crippen molar-refractivity contribution in [3.63, 3.8) is 0 Å². The van der Waals surface area contributed by atoms with E-state index in [-0.39, 0.29) is 11.5 Å². The first-order chi connectivity index (χ1) is 12.2. The van der Waals surface area contributed by atoms with Gasteiger partial charge in [0.1, 0.15) is 5.75 Å². The van der Waals surface area contributed by atoms with Gasteiger partial charge in [-0.05, 0) is 35.9 Å². The predicted octanol–water partition coefficient (Wildman–Crippen LogP) is 4.26. The Morgan fingerprint density at radius 3 is 2.16 bits per heavy atom. The number of carbonyl (C=O) groups is 1. The minimum atomic E-state index is -1.41. The van der Waals surface area contributed by atoms with Crippen LogP contribution in [0.25, 0.3) is 10.5 Å². The summed E-state index contributed by atoms with van der Waals surface area (Å²) in [5.41, 5.74) is 2.40. The zero-order valence-corrected chi connectivity index (χ0v) is 14.0. The lowest BCUT2D eigenvalue weighted by molar-refractivity contribution is 0.105. The summed E-state index contributed by atoms with van der Waals surface area (Å²) in [6.45, 7) is 0. The molecule has 0 bridgehead atoms. The number of allylic oxidation sites excluding steroid dienone is 1. The Hall–Kier alpha value is -2.98. The third-order valence-corrected chi connectivity index (χ3v) is 5.73. The van der Waals surface area contributed by atoms with Gasteiger partial charge in [0.05, 0.1) is 20.6 Å². The molecule has 0 amide bonds. The Morgan fingerprint density at radius 1 is 0.800 bits per heavy atom. The van der Waals surface area contributed by atoms with Crippen LogP contribution >= 0.6 is 0 Å². The maximum absolute atomic E-state index is 13.2. The van der Waals surface area contributed by atoms with Gasteiger partial charge in [0, 0.05) is 16.7 Å². The number of hydrogen-bond donors (Lipinski definition) is 1. The molecule has 1 unspecified atom stereocenters. The molecule has 1 heterocycles. The number of carbonyl (C=O) groups excluding carboxylic acids is 1. The molecular weight excluding hydrogens is 332 g/mol. The maximum atomic E-state index is 13.2. The molecule has 3 aromatic rings. The fourth-order valence-corrected chi connectivity index (χ4v) is 4.51. The molecule has 0 spiro atoms. The van der Waals surface area contributed by atoms with Crippen molar-refractivity contribution in [2.75, 3.05) is 0 Å². The second kappa shape index (κ2) is 6.15. The number of Topliss-reactive ketones (excluding diaryl/α,β-unsaturated/α-hetero) is 1. The molecule has 1 N–H and O–H groups in total. The number of hydrogen-bond acceptors (Lipinski definition) is 3. The van der Waals surface area contributed by atoms with E-state index in [2.05, 4.69) is 0 Å². The van der Waals surface area contributed by atoms with Crippen molar-refractivity contribution < 1.29 is 14.1 Å².